The number of rotatable bonds is 5. The summed E-state index contributed by atoms with van der Waals surface area (Å²) in [7, 11) is 1.31. The fourth-order valence-electron chi connectivity index (χ4n) is 2.04. The van der Waals surface area contributed by atoms with Crippen LogP contribution in [0, 0.1) is 20.8 Å². The van der Waals surface area contributed by atoms with E-state index in [-0.39, 0.29) is 12.5 Å². The number of hydrogen-bond acceptors (Lipinski definition) is 5. The molecule has 0 spiro atoms. The van der Waals surface area contributed by atoms with Crippen molar-refractivity contribution in [3.8, 4) is 5.75 Å². The molecular formula is C17H19NO4S. The van der Waals surface area contributed by atoms with Crippen molar-refractivity contribution < 1.29 is 19.1 Å². The molecule has 2 rings (SSSR count). The second-order valence-electron chi connectivity index (χ2n) is 5.20. The summed E-state index contributed by atoms with van der Waals surface area (Å²) < 4.78 is 10.3. The SMILES string of the molecule is COC(=O)c1cc(C)sc1NC(=O)COc1cc(C)ccc1C. The smallest absolute Gasteiger partial charge is 0.340 e. The summed E-state index contributed by atoms with van der Waals surface area (Å²) in [5.74, 6) is -0.117. The highest BCUT2D eigenvalue weighted by Crippen LogP contribution is 2.28. The molecule has 0 aliphatic heterocycles. The predicted octanol–water partition coefficient (Wildman–Crippen LogP) is 3.48. The summed E-state index contributed by atoms with van der Waals surface area (Å²) in [6.45, 7) is 5.62. The van der Waals surface area contributed by atoms with Crippen LogP contribution >= 0.6 is 11.3 Å². The van der Waals surface area contributed by atoms with Crippen molar-refractivity contribution in [2.75, 3.05) is 19.0 Å². The van der Waals surface area contributed by atoms with Gasteiger partial charge < -0.3 is 14.8 Å². The Bertz CT molecular complexity index is 736. The topological polar surface area (TPSA) is 64.6 Å². The van der Waals surface area contributed by atoms with Gasteiger partial charge in [0.25, 0.3) is 5.91 Å². The van der Waals surface area contributed by atoms with Crippen LogP contribution in [0.1, 0.15) is 26.4 Å². The van der Waals surface area contributed by atoms with Gasteiger partial charge in [-0.1, -0.05) is 12.1 Å². The minimum Gasteiger partial charge on any atom is -0.483 e. The van der Waals surface area contributed by atoms with Gasteiger partial charge in [0.2, 0.25) is 0 Å². The molecule has 6 heteroatoms. The lowest BCUT2D eigenvalue weighted by atomic mass is 10.1. The minimum atomic E-state index is -0.472. The van der Waals surface area contributed by atoms with E-state index in [1.54, 1.807) is 6.07 Å². The Morgan fingerprint density at radius 2 is 1.91 bits per heavy atom. The molecule has 0 fully saturated rings. The maximum atomic E-state index is 12.1. The lowest BCUT2D eigenvalue weighted by molar-refractivity contribution is -0.118. The van der Waals surface area contributed by atoms with Crippen LogP contribution in [0.3, 0.4) is 0 Å². The third-order valence-corrected chi connectivity index (χ3v) is 4.18. The van der Waals surface area contributed by atoms with Gasteiger partial charge in [-0.15, -0.1) is 11.3 Å². The number of hydrogen-bond donors (Lipinski definition) is 1. The van der Waals surface area contributed by atoms with Gasteiger partial charge in [-0.25, -0.2) is 4.79 Å². The summed E-state index contributed by atoms with van der Waals surface area (Å²) in [5.41, 5.74) is 2.38. The molecule has 1 aromatic carbocycles. The Morgan fingerprint density at radius 1 is 1.17 bits per heavy atom. The van der Waals surface area contributed by atoms with Crippen molar-refractivity contribution in [2.24, 2.45) is 0 Å². The van der Waals surface area contributed by atoms with Crippen LogP contribution in [0.4, 0.5) is 5.00 Å². The molecule has 0 saturated heterocycles. The highest BCUT2D eigenvalue weighted by molar-refractivity contribution is 7.16. The molecule has 0 unspecified atom stereocenters. The van der Waals surface area contributed by atoms with Crippen LogP contribution in [0.15, 0.2) is 24.3 Å². The van der Waals surface area contributed by atoms with Crippen LogP contribution in [-0.2, 0) is 9.53 Å². The molecule has 1 aromatic heterocycles. The van der Waals surface area contributed by atoms with Crippen LogP contribution in [0.25, 0.3) is 0 Å². The van der Waals surface area contributed by atoms with Crippen molar-refractivity contribution in [3.05, 3.63) is 45.8 Å². The molecular weight excluding hydrogens is 314 g/mol. The third-order valence-electron chi connectivity index (χ3n) is 3.22. The number of nitrogens with one attached hydrogen (secondary N) is 1. The van der Waals surface area contributed by atoms with E-state index < -0.39 is 5.97 Å². The number of amides is 1. The number of carbonyl (C=O) groups excluding carboxylic acids is 2. The lowest BCUT2D eigenvalue weighted by Gasteiger charge is -2.10. The largest absolute Gasteiger partial charge is 0.483 e. The molecule has 0 atom stereocenters. The van der Waals surface area contributed by atoms with Crippen LogP contribution in [0.2, 0.25) is 0 Å². The molecule has 0 aliphatic carbocycles. The van der Waals surface area contributed by atoms with Crippen molar-refractivity contribution in [3.63, 3.8) is 0 Å². The number of thiophene rings is 1. The standard InChI is InChI=1S/C17H19NO4S/c1-10-5-6-11(2)14(7-10)22-9-15(19)18-16-13(17(20)21-4)8-12(3)23-16/h5-8H,9H2,1-4H3,(H,18,19). The van der Waals surface area contributed by atoms with Gasteiger partial charge in [0.15, 0.2) is 6.61 Å². The number of benzene rings is 1. The molecule has 0 aliphatic rings. The molecule has 2 aromatic rings. The molecule has 23 heavy (non-hydrogen) atoms. The van der Waals surface area contributed by atoms with Crippen molar-refractivity contribution >= 4 is 28.2 Å². The molecule has 0 saturated carbocycles. The Labute approximate surface area is 139 Å². The molecule has 122 valence electrons. The van der Waals surface area contributed by atoms with Crippen LogP contribution in [-0.4, -0.2) is 25.6 Å². The van der Waals surface area contributed by atoms with Gasteiger partial charge in [-0.05, 0) is 44.0 Å². The quantitative estimate of drug-likeness (QED) is 0.851. The molecule has 0 radical (unpaired) electrons. The van der Waals surface area contributed by atoms with Gasteiger partial charge in [0, 0.05) is 4.88 Å². The van der Waals surface area contributed by atoms with E-state index in [1.165, 1.54) is 18.4 Å². The van der Waals surface area contributed by atoms with Crippen LogP contribution < -0.4 is 10.1 Å². The molecule has 1 N–H and O–H groups in total. The maximum Gasteiger partial charge on any atom is 0.340 e. The molecule has 1 heterocycles. The highest BCUT2D eigenvalue weighted by Gasteiger charge is 2.17. The first kappa shape index (κ1) is 17.0. The summed E-state index contributed by atoms with van der Waals surface area (Å²) in [6, 6.07) is 7.51. The number of esters is 1. The third kappa shape index (κ3) is 4.32. The van der Waals surface area contributed by atoms with Gasteiger partial charge in [0.1, 0.15) is 10.8 Å². The monoisotopic (exact) mass is 333 g/mol. The second kappa shape index (κ2) is 7.28. The first-order valence-electron chi connectivity index (χ1n) is 7.09. The number of methoxy groups -OCH3 is 1. The maximum absolute atomic E-state index is 12.1. The average Bonchev–Trinajstić information content (AvgIpc) is 2.87. The van der Waals surface area contributed by atoms with E-state index in [1.807, 2.05) is 39.0 Å². The number of carbonyl (C=O) groups is 2. The summed E-state index contributed by atoms with van der Waals surface area (Å²) in [5, 5.41) is 3.18. The van der Waals surface area contributed by atoms with E-state index in [2.05, 4.69) is 5.32 Å². The summed E-state index contributed by atoms with van der Waals surface area (Å²) in [6.07, 6.45) is 0. The Hall–Kier alpha value is -2.34. The number of aryl methyl sites for hydroxylation is 3. The van der Waals surface area contributed by atoms with Crippen molar-refractivity contribution in [2.45, 2.75) is 20.8 Å². The highest BCUT2D eigenvalue weighted by atomic mass is 32.1. The Morgan fingerprint density at radius 3 is 2.61 bits per heavy atom. The zero-order valence-electron chi connectivity index (χ0n) is 13.6. The molecule has 5 nitrogen and oxygen atoms in total. The normalized spacial score (nSPS) is 10.3. The van der Waals surface area contributed by atoms with Crippen LogP contribution in [0.5, 0.6) is 5.75 Å². The van der Waals surface area contributed by atoms with Gasteiger partial charge >= 0.3 is 5.97 Å². The predicted molar refractivity (Wildman–Crippen MR) is 90.4 cm³/mol. The van der Waals surface area contributed by atoms with Gasteiger partial charge in [0.05, 0.1) is 12.7 Å². The van der Waals surface area contributed by atoms with Crippen molar-refractivity contribution in [1.82, 2.24) is 0 Å². The second-order valence-corrected chi connectivity index (χ2v) is 6.45. The Kier molecular flexibility index (Phi) is 5.39. The van der Waals surface area contributed by atoms with Crippen molar-refractivity contribution in [1.29, 1.82) is 0 Å². The first-order chi connectivity index (χ1) is 10.9. The van der Waals surface area contributed by atoms with E-state index in [4.69, 9.17) is 9.47 Å². The minimum absolute atomic E-state index is 0.123. The zero-order valence-corrected chi connectivity index (χ0v) is 14.4. The molecule has 0 bridgehead atoms. The molecule has 1 amide bonds. The summed E-state index contributed by atoms with van der Waals surface area (Å²) >= 11 is 1.33. The van der Waals surface area contributed by atoms with E-state index in [0.717, 1.165) is 16.0 Å². The van der Waals surface area contributed by atoms with Gasteiger partial charge in [-0.3, -0.25) is 4.79 Å². The van der Waals surface area contributed by atoms with E-state index in [9.17, 15) is 9.59 Å². The Balaban J connectivity index is 2.03. The fourth-order valence-corrected chi connectivity index (χ4v) is 2.95. The van der Waals surface area contributed by atoms with Gasteiger partial charge in [-0.2, -0.15) is 0 Å². The van der Waals surface area contributed by atoms with E-state index in [0.29, 0.717) is 16.3 Å². The summed E-state index contributed by atoms with van der Waals surface area (Å²) in [4.78, 5) is 24.7. The zero-order chi connectivity index (χ0) is 17.0. The number of anilines is 1. The van der Waals surface area contributed by atoms with E-state index >= 15 is 0 Å². The average molecular weight is 333 g/mol. The first-order valence-corrected chi connectivity index (χ1v) is 7.91. The fraction of sp³-hybridized carbons (Fsp3) is 0.294. The lowest BCUT2D eigenvalue weighted by Crippen LogP contribution is -2.21. The number of ether oxygens (including phenoxy) is 2.